The molecular weight excluding hydrogens is 246 g/mol. The highest BCUT2D eigenvalue weighted by Gasteiger charge is 2.05. The van der Waals surface area contributed by atoms with Crippen molar-refractivity contribution in [2.45, 2.75) is 6.42 Å². The smallest absolute Gasteiger partial charge is 0.136 e. The first-order valence-electron chi connectivity index (χ1n) is 5.63. The summed E-state index contributed by atoms with van der Waals surface area (Å²) in [6.07, 6.45) is 6.24. The molecule has 6 heteroatoms. The Bertz CT molecular complexity index is 549. The van der Waals surface area contributed by atoms with Crippen LogP contribution in [0.15, 0.2) is 30.7 Å². The molecule has 0 saturated heterocycles. The Morgan fingerprint density at radius 2 is 2.28 bits per heavy atom. The highest BCUT2D eigenvalue weighted by molar-refractivity contribution is 7.80. The van der Waals surface area contributed by atoms with Crippen molar-refractivity contribution in [2.24, 2.45) is 12.8 Å². The van der Waals surface area contributed by atoms with Crippen LogP contribution in [-0.2, 0) is 13.5 Å². The van der Waals surface area contributed by atoms with Crippen molar-refractivity contribution in [3.05, 3.63) is 42.1 Å². The van der Waals surface area contributed by atoms with Crippen LogP contribution in [0.1, 0.15) is 11.4 Å². The summed E-state index contributed by atoms with van der Waals surface area (Å²) in [4.78, 5) is 8.84. The van der Waals surface area contributed by atoms with Gasteiger partial charge in [-0.15, -0.1) is 0 Å². The lowest BCUT2D eigenvalue weighted by Gasteiger charge is -2.09. The Hall–Kier alpha value is -1.95. The van der Waals surface area contributed by atoms with Crippen molar-refractivity contribution < 1.29 is 0 Å². The van der Waals surface area contributed by atoms with Crippen LogP contribution in [0.4, 0.5) is 5.82 Å². The number of nitrogens with one attached hydrogen (secondary N) is 1. The van der Waals surface area contributed by atoms with Gasteiger partial charge in [-0.1, -0.05) is 12.2 Å². The lowest BCUT2D eigenvalue weighted by molar-refractivity contribution is 0.788. The predicted octanol–water partition coefficient (Wildman–Crippen LogP) is 1.10. The van der Waals surface area contributed by atoms with Gasteiger partial charge in [0.25, 0.3) is 0 Å². The molecule has 0 bridgehead atoms. The fraction of sp³-hybridized carbons (Fsp3) is 0.250. The zero-order valence-corrected chi connectivity index (χ0v) is 10.9. The van der Waals surface area contributed by atoms with Crippen LogP contribution >= 0.6 is 12.2 Å². The van der Waals surface area contributed by atoms with E-state index in [1.807, 2.05) is 29.9 Å². The largest absolute Gasteiger partial charge is 0.389 e. The lowest BCUT2D eigenvalue weighted by Crippen LogP contribution is -2.16. The topological polar surface area (TPSA) is 68.8 Å². The number of aryl methyl sites for hydroxylation is 1. The maximum atomic E-state index is 5.64. The molecule has 0 aliphatic carbocycles. The standard InChI is InChI=1S/C12H15N5S/c1-17-8-7-14-10(17)4-6-16-12-9(11(13)18)3-2-5-15-12/h2-3,5,7-8H,4,6H2,1H3,(H2,13,18)(H,15,16). The molecule has 0 saturated carbocycles. The van der Waals surface area contributed by atoms with E-state index in [1.165, 1.54) is 0 Å². The van der Waals surface area contributed by atoms with Gasteiger partial charge in [-0.2, -0.15) is 0 Å². The molecule has 3 N–H and O–H groups in total. The van der Waals surface area contributed by atoms with Crippen LogP contribution < -0.4 is 11.1 Å². The fourth-order valence-electron chi connectivity index (χ4n) is 1.68. The molecule has 0 unspecified atom stereocenters. The molecule has 0 amide bonds. The zero-order valence-electron chi connectivity index (χ0n) is 10.1. The molecule has 0 radical (unpaired) electrons. The average molecular weight is 261 g/mol. The van der Waals surface area contributed by atoms with Gasteiger partial charge in [-0.25, -0.2) is 9.97 Å². The average Bonchev–Trinajstić information content (AvgIpc) is 2.76. The van der Waals surface area contributed by atoms with Crippen LogP contribution in [0.3, 0.4) is 0 Å². The second kappa shape index (κ2) is 5.59. The number of nitrogens with two attached hydrogens (primary N) is 1. The van der Waals surface area contributed by atoms with Gasteiger partial charge in [0, 0.05) is 38.6 Å². The van der Waals surface area contributed by atoms with Crippen LogP contribution in [-0.4, -0.2) is 26.1 Å². The number of thiocarbonyl (C=S) groups is 1. The van der Waals surface area contributed by atoms with E-state index in [1.54, 1.807) is 12.4 Å². The summed E-state index contributed by atoms with van der Waals surface area (Å²) in [7, 11) is 1.98. The molecule has 2 aromatic heterocycles. The van der Waals surface area contributed by atoms with E-state index in [9.17, 15) is 0 Å². The van der Waals surface area contributed by atoms with Crippen LogP contribution in [0.5, 0.6) is 0 Å². The third-order valence-corrected chi connectivity index (χ3v) is 2.86. The first-order valence-corrected chi connectivity index (χ1v) is 6.04. The number of nitrogens with zero attached hydrogens (tertiary/aromatic N) is 3. The molecule has 2 rings (SSSR count). The van der Waals surface area contributed by atoms with Gasteiger partial charge in [0.05, 0.1) is 5.56 Å². The number of imidazole rings is 1. The Morgan fingerprint density at radius 3 is 2.94 bits per heavy atom. The molecule has 0 aromatic carbocycles. The van der Waals surface area contributed by atoms with Crippen LogP contribution in [0, 0.1) is 0 Å². The number of hydrogen-bond acceptors (Lipinski definition) is 4. The van der Waals surface area contributed by atoms with Crippen molar-refractivity contribution in [1.29, 1.82) is 0 Å². The monoisotopic (exact) mass is 261 g/mol. The van der Waals surface area contributed by atoms with Crippen molar-refractivity contribution in [3.63, 3.8) is 0 Å². The highest BCUT2D eigenvalue weighted by atomic mass is 32.1. The third kappa shape index (κ3) is 2.84. The molecular formula is C12H15N5S. The molecule has 0 fully saturated rings. The van der Waals surface area contributed by atoms with Crippen LogP contribution in [0.2, 0.25) is 0 Å². The van der Waals surface area contributed by atoms with Gasteiger partial charge in [0.2, 0.25) is 0 Å². The predicted molar refractivity (Wildman–Crippen MR) is 75.5 cm³/mol. The van der Waals surface area contributed by atoms with Gasteiger partial charge in [0.1, 0.15) is 16.6 Å². The van der Waals surface area contributed by atoms with E-state index in [0.29, 0.717) is 4.99 Å². The zero-order chi connectivity index (χ0) is 13.0. The van der Waals surface area contributed by atoms with Gasteiger partial charge >= 0.3 is 0 Å². The van der Waals surface area contributed by atoms with E-state index in [-0.39, 0.29) is 0 Å². The second-order valence-electron chi connectivity index (χ2n) is 3.89. The van der Waals surface area contributed by atoms with E-state index in [2.05, 4.69) is 15.3 Å². The third-order valence-electron chi connectivity index (χ3n) is 2.64. The maximum absolute atomic E-state index is 5.64. The molecule has 94 valence electrons. The molecule has 0 aliphatic rings. The van der Waals surface area contributed by atoms with Gasteiger partial charge in [-0.3, -0.25) is 0 Å². The Labute approximate surface area is 111 Å². The Balaban J connectivity index is 1.99. The summed E-state index contributed by atoms with van der Waals surface area (Å²) in [5.74, 6) is 1.74. The molecule has 0 spiro atoms. The van der Waals surface area contributed by atoms with E-state index >= 15 is 0 Å². The molecule has 2 heterocycles. The summed E-state index contributed by atoms with van der Waals surface area (Å²) < 4.78 is 1.99. The second-order valence-corrected chi connectivity index (χ2v) is 4.33. The van der Waals surface area contributed by atoms with E-state index in [4.69, 9.17) is 18.0 Å². The molecule has 0 atom stereocenters. The molecule has 2 aromatic rings. The highest BCUT2D eigenvalue weighted by Crippen LogP contribution is 2.11. The molecule has 5 nitrogen and oxygen atoms in total. The van der Waals surface area contributed by atoms with Gasteiger partial charge in [0.15, 0.2) is 0 Å². The number of anilines is 1. The van der Waals surface area contributed by atoms with Gasteiger partial charge in [-0.05, 0) is 12.1 Å². The maximum Gasteiger partial charge on any atom is 0.136 e. The van der Waals surface area contributed by atoms with Crippen molar-refractivity contribution >= 4 is 23.0 Å². The van der Waals surface area contributed by atoms with E-state index in [0.717, 1.165) is 30.2 Å². The first kappa shape index (κ1) is 12.5. The summed E-state index contributed by atoms with van der Waals surface area (Å²) >= 11 is 4.98. The quantitative estimate of drug-likeness (QED) is 0.789. The minimum atomic E-state index is 0.350. The van der Waals surface area contributed by atoms with Crippen molar-refractivity contribution in [1.82, 2.24) is 14.5 Å². The number of aromatic nitrogens is 3. The fourth-order valence-corrected chi connectivity index (χ4v) is 1.84. The number of hydrogen-bond donors (Lipinski definition) is 2. The van der Waals surface area contributed by atoms with E-state index < -0.39 is 0 Å². The lowest BCUT2D eigenvalue weighted by atomic mass is 10.2. The van der Waals surface area contributed by atoms with Crippen molar-refractivity contribution in [2.75, 3.05) is 11.9 Å². The minimum Gasteiger partial charge on any atom is -0.389 e. The number of rotatable bonds is 5. The first-order chi connectivity index (χ1) is 8.68. The summed E-state index contributed by atoms with van der Waals surface area (Å²) in [5.41, 5.74) is 6.41. The summed E-state index contributed by atoms with van der Waals surface area (Å²) in [5, 5.41) is 3.23. The minimum absolute atomic E-state index is 0.350. The molecule has 0 aliphatic heterocycles. The SMILES string of the molecule is Cn1ccnc1CCNc1ncccc1C(N)=S. The van der Waals surface area contributed by atoms with Crippen LogP contribution in [0.25, 0.3) is 0 Å². The molecule has 18 heavy (non-hydrogen) atoms. The van der Waals surface area contributed by atoms with Gasteiger partial charge < -0.3 is 15.6 Å². The summed E-state index contributed by atoms with van der Waals surface area (Å²) in [6, 6.07) is 3.68. The normalized spacial score (nSPS) is 10.3. The Kier molecular flexibility index (Phi) is 3.88. The number of pyridine rings is 1. The Morgan fingerprint density at radius 1 is 1.44 bits per heavy atom. The summed E-state index contributed by atoms with van der Waals surface area (Å²) in [6.45, 7) is 0.734. The van der Waals surface area contributed by atoms with Crippen molar-refractivity contribution in [3.8, 4) is 0 Å².